The van der Waals surface area contributed by atoms with Gasteiger partial charge in [-0.05, 0) is 6.07 Å². The van der Waals surface area contributed by atoms with Crippen molar-refractivity contribution in [3.63, 3.8) is 0 Å². The van der Waals surface area contributed by atoms with Crippen LogP contribution in [0.15, 0.2) is 30.5 Å². The zero-order valence-corrected chi connectivity index (χ0v) is 12.5. The molecule has 1 rings (SSSR count). The second kappa shape index (κ2) is 7.15. The predicted molar refractivity (Wildman–Crippen MR) is 63.0 cm³/mol. The summed E-state index contributed by atoms with van der Waals surface area (Å²) in [5.74, 6) is -0.760. The molecule has 1 aromatic rings. The Morgan fingerprint density at radius 2 is 2.11 bits per heavy atom. The van der Waals surface area contributed by atoms with Gasteiger partial charge in [-0.2, -0.15) is 0 Å². The Balaban J connectivity index is 0. The largest absolute Gasteiger partial charge is 1.00 e. The van der Waals surface area contributed by atoms with Crippen molar-refractivity contribution in [2.45, 2.75) is 0 Å². The Kier molecular flexibility index (Phi) is 6.61. The maximum Gasteiger partial charge on any atom is 1.00 e. The van der Waals surface area contributed by atoms with E-state index in [9.17, 15) is 20.0 Å². The van der Waals surface area contributed by atoms with Crippen LogP contribution in [0.25, 0.3) is 0 Å². The van der Waals surface area contributed by atoms with Crippen molar-refractivity contribution in [2.75, 3.05) is 14.1 Å². The minimum Gasteiger partial charge on any atom is -1.00 e. The molecular weight excluding hydrogens is 247 g/mol. The fourth-order valence-electron chi connectivity index (χ4n) is 1.14. The van der Waals surface area contributed by atoms with Crippen LogP contribution in [0.4, 0.5) is 5.69 Å². The number of aromatic hydroxyl groups is 1. The van der Waals surface area contributed by atoms with Crippen molar-refractivity contribution < 1.29 is 45.8 Å². The number of phenols is 1. The summed E-state index contributed by atoms with van der Waals surface area (Å²) in [6, 6.07) is 3.33. The van der Waals surface area contributed by atoms with Gasteiger partial charge >= 0.3 is 29.6 Å². The van der Waals surface area contributed by atoms with E-state index in [0.29, 0.717) is 0 Å². The molecule has 18 heavy (non-hydrogen) atoms. The number of ketones is 1. The second-order valence-corrected chi connectivity index (χ2v) is 3.60. The van der Waals surface area contributed by atoms with Gasteiger partial charge in [-0.25, -0.2) is 0 Å². The Morgan fingerprint density at radius 3 is 2.61 bits per heavy atom. The number of non-ortho nitro benzene ring substituents is 1. The van der Waals surface area contributed by atoms with Gasteiger partial charge in [0.2, 0.25) is 0 Å². The average Bonchev–Trinajstić information content (AvgIpc) is 2.26. The molecule has 0 fully saturated rings. The smallest absolute Gasteiger partial charge is 1.00 e. The van der Waals surface area contributed by atoms with Gasteiger partial charge in [-0.3, -0.25) is 14.9 Å². The van der Waals surface area contributed by atoms with Crippen LogP contribution in [0.5, 0.6) is 5.75 Å². The Hall–Kier alpha value is -1.37. The average molecular weight is 260 g/mol. The predicted octanol–water partition coefficient (Wildman–Crippen LogP) is -1.33. The molecule has 0 aromatic heterocycles. The van der Waals surface area contributed by atoms with Crippen molar-refractivity contribution in [2.24, 2.45) is 0 Å². The Morgan fingerprint density at radius 1 is 1.50 bits per heavy atom. The van der Waals surface area contributed by atoms with Crippen molar-refractivity contribution in [1.82, 2.24) is 4.90 Å². The molecule has 6 nitrogen and oxygen atoms in total. The summed E-state index contributed by atoms with van der Waals surface area (Å²) in [6.45, 7) is 0. The first-order valence-electron chi connectivity index (χ1n) is 4.78. The van der Waals surface area contributed by atoms with Crippen LogP contribution in [0.3, 0.4) is 0 Å². The van der Waals surface area contributed by atoms with E-state index in [2.05, 4.69) is 0 Å². The molecule has 1 N–H and O–H groups in total. The number of hydrogen-bond donors (Lipinski definition) is 1. The summed E-state index contributed by atoms with van der Waals surface area (Å²) < 4.78 is 0. The molecule has 0 amide bonds. The molecule has 0 aliphatic heterocycles. The fraction of sp³-hybridized carbons (Fsp3) is 0.182. The van der Waals surface area contributed by atoms with Gasteiger partial charge in [0.05, 0.1) is 10.5 Å². The molecule has 0 aliphatic rings. The number of rotatable bonds is 4. The van der Waals surface area contributed by atoms with E-state index in [-0.39, 0.29) is 48.0 Å². The molecule has 7 heteroatoms. The summed E-state index contributed by atoms with van der Waals surface area (Å²) in [7, 11) is 3.47. The van der Waals surface area contributed by atoms with Crippen LogP contribution in [0.1, 0.15) is 11.8 Å². The topological polar surface area (TPSA) is 83.7 Å². The number of benzene rings is 1. The number of nitro groups is 1. The third-order valence-electron chi connectivity index (χ3n) is 1.98. The molecule has 0 bridgehead atoms. The number of phenolic OH excluding ortho intramolecular Hbond substituents is 1. The number of carbonyl (C=O) groups is 1. The van der Waals surface area contributed by atoms with E-state index >= 15 is 0 Å². The number of nitrogens with zero attached hydrogens (tertiary/aromatic N) is 2. The van der Waals surface area contributed by atoms with E-state index in [4.69, 9.17) is 0 Å². The minimum atomic E-state index is -0.619. The summed E-state index contributed by atoms with van der Waals surface area (Å²) in [5.41, 5.74) is -0.318. The van der Waals surface area contributed by atoms with E-state index in [1.807, 2.05) is 0 Å². The van der Waals surface area contributed by atoms with Crippen molar-refractivity contribution in [3.05, 3.63) is 46.2 Å². The van der Waals surface area contributed by atoms with Crippen molar-refractivity contribution in [1.29, 1.82) is 0 Å². The summed E-state index contributed by atoms with van der Waals surface area (Å²) in [4.78, 5) is 23.2. The standard InChI is InChI=1S/C11H12N2O4.Na.H/c1-12(2)6-5-11(15)9-7-8(13(16)17)3-4-10(9)14;;/h3-7,14H,1-2H3;;/q;+1;-1. The van der Waals surface area contributed by atoms with Crippen LogP contribution in [0.2, 0.25) is 0 Å². The molecule has 0 radical (unpaired) electrons. The summed E-state index contributed by atoms with van der Waals surface area (Å²) >= 11 is 0. The first-order valence-corrected chi connectivity index (χ1v) is 4.78. The SMILES string of the molecule is CN(C)C=CC(=O)c1cc([N+](=O)[O-])ccc1O.[H-].[Na+]. The molecule has 0 aliphatic carbocycles. The summed E-state index contributed by atoms with van der Waals surface area (Å²) in [5, 5.41) is 20.0. The molecule has 0 atom stereocenters. The first kappa shape index (κ1) is 16.6. The van der Waals surface area contributed by atoms with E-state index in [0.717, 1.165) is 18.2 Å². The maximum absolute atomic E-state index is 11.6. The fourth-order valence-corrected chi connectivity index (χ4v) is 1.14. The molecule has 0 saturated heterocycles. The number of nitro benzene ring substituents is 1. The Bertz CT molecular complexity index is 492. The van der Waals surface area contributed by atoms with Crippen LogP contribution >= 0.6 is 0 Å². The molecule has 92 valence electrons. The van der Waals surface area contributed by atoms with Gasteiger partial charge in [-0.15, -0.1) is 0 Å². The van der Waals surface area contributed by atoms with E-state index < -0.39 is 10.7 Å². The number of allylic oxidation sites excluding steroid dienone is 1. The van der Waals surface area contributed by atoms with Crippen molar-refractivity contribution in [3.8, 4) is 5.75 Å². The normalized spacial score (nSPS) is 9.89. The third kappa shape index (κ3) is 4.48. The molecule has 0 unspecified atom stereocenters. The number of carbonyl (C=O) groups excluding carboxylic acids is 1. The van der Waals surface area contributed by atoms with Gasteiger partial charge in [0.25, 0.3) is 5.69 Å². The number of hydrogen-bond acceptors (Lipinski definition) is 5. The van der Waals surface area contributed by atoms with Crippen LogP contribution in [-0.2, 0) is 0 Å². The molecule has 0 spiro atoms. The monoisotopic (exact) mass is 260 g/mol. The van der Waals surface area contributed by atoms with Gasteiger partial charge in [0, 0.05) is 38.5 Å². The van der Waals surface area contributed by atoms with Crippen LogP contribution in [0, 0.1) is 10.1 Å². The van der Waals surface area contributed by atoms with Gasteiger partial charge < -0.3 is 11.4 Å². The van der Waals surface area contributed by atoms with Crippen LogP contribution < -0.4 is 29.6 Å². The molecular formula is C11H13N2NaO4. The molecule has 0 heterocycles. The quantitative estimate of drug-likeness (QED) is 0.238. The third-order valence-corrected chi connectivity index (χ3v) is 1.98. The van der Waals surface area contributed by atoms with Gasteiger partial charge in [-0.1, -0.05) is 0 Å². The molecule has 0 saturated carbocycles. The van der Waals surface area contributed by atoms with Gasteiger partial charge in [0.1, 0.15) is 5.75 Å². The second-order valence-electron chi connectivity index (χ2n) is 3.60. The minimum absolute atomic E-state index is 0. The maximum atomic E-state index is 11.6. The van der Waals surface area contributed by atoms with Gasteiger partial charge in [0.15, 0.2) is 5.78 Å². The summed E-state index contributed by atoms with van der Waals surface area (Å²) in [6.07, 6.45) is 2.74. The zero-order valence-electron chi connectivity index (χ0n) is 11.5. The van der Waals surface area contributed by atoms with E-state index in [1.165, 1.54) is 12.3 Å². The van der Waals surface area contributed by atoms with Crippen LogP contribution in [-0.4, -0.2) is 34.8 Å². The first-order chi connectivity index (χ1) is 7.91. The van der Waals surface area contributed by atoms with Crippen molar-refractivity contribution >= 4 is 11.5 Å². The zero-order chi connectivity index (χ0) is 13.0. The Labute approximate surface area is 128 Å². The molecule has 1 aromatic carbocycles. The van der Waals surface area contributed by atoms with E-state index in [1.54, 1.807) is 19.0 Å².